The third-order valence-corrected chi connectivity index (χ3v) is 4.17. The molecule has 0 aromatic heterocycles. The zero-order valence-corrected chi connectivity index (χ0v) is 13.8. The first-order valence-corrected chi connectivity index (χ1v) is 7.95. The highest BCUT2D eigenvalue weighted by Crippen LogP contribution is 2.36. The third kappa shape index (κ3) is 5.19. The second-order valence-corrected chi connectivity index (χ2v) is 6.12. The highest BCUT2D eigenvalue weighted by molar-refractivity contribution is 5.77. The number of carboxylic acid groups (broad SMARTS) is 1. The van der Waals surface area contributed by atoms with Crippen LogP contribution in [0, 0.1) is 0 Å². The Bertz CT molecular complexity index is 633. The van der Waals surface area contributed by atoms with Gasteiger partial charge < -0.3 is 14.7 Å². The van der Waals surface area contributed by atoms with Gasteiger partial charge in [0.15, 0.2) is 0 Å². The Labute approximate surface area is 143 Å². The number of hydrogen-bond acceptors (Lipinski definition) is 3. The summed E-state index contributed by atoms with van der Waals surface area (Å²) in [5.41, 5.74) is -0.653. The molecule has 1 aromatic rings. The van der Waals surface area contributed by atoms with Crippen LogP contribution >= 0.6 is 0 Å². The summed E-state index contributed by atoms with van der Waals surface area (Å²) in [7, 11) is 0. The molecule has 2 atom stereocenters. The van der Waals surface area contributed by atoms with Crippen LogP contribution in [0.3, 0.4) is 0 Å². The molecule has 1 N–H and O–H groups in total. The van der Waals surface area contributed by atoms with E-state index in [-0.39, 0.29) is 37.5 Å². The van der Waals surface area contributed by atoms with Crippen molar-refractivity contribution in [2.45, 2.75) is 38.0 Å². The largest absolute Gasteiger partial charge is 0.481 e. The molecule has 0 aliphatic carbocycles. The van der Waals surface area contributed by atoms with Crippen molar-refractivity contribution in [1.82, 2.24) is 4.90 Å². The van der Waals surface area contributed by atoms with Gasteiger partial charge in [0.2, 0.25) is 5.91 Å². The van der Waals surface area contributed by atoms with Crippen molar-refractivity contribution in [2.24, 2.45) is 0 Å². The molecule has 0 spiro atoms. The number of alkyl halides is 3. The van der Waals surface area contributed by atoms with Crippen LogP contribution in [0.15, 0.2) is 24.3 Å². The molecule has 0 radical (unpaired) electrons. The molecule has 1 amide bonds. The Balaban J connectivity index is 2.04. The Kier molecular flexibility index (Phi) is 6.05. The van der Waals surface area contributed by atoms with Crippen molar-refractivity contribution in [3.05, 3.63) is 35.4 Å². The van der Waals surface area contributed by atoms with Gasteiger partial charge in [-0.3, -0.25) is 9.59 Å². The minimum absolute atomic E-state index is 0.0765. The number of benzene rings is 1. The minimum Gasteiger partial charge on any atom is -0.481 e. The monoisotopic (exact) mass is 359 g/mol. The van der Waals surface area contributed by atoms with Gasteiger partial charge in [-0.25, -0.2) is 0 Å². The van der Waals surface area contributed by atoms with E-state index in [1.807, 2.05) is 0 Å². The zero-order valence-electron chi connectivity index (χ0n) is 13.8. The normalized spacial score (nSPS) is 19.5. The molecule has 8 heteroatoms. The number of carbonyl (C=O) groups excluding carboxylic acids is 1. The lowest BCUT2D eigenvalue weighted by molar-refractivity contribution is -0.147. The van der Waals surface area contributed by atoms with Gasteiger partial charge in [-0.15, -0.1) is 0 Å². The molecule has 138 valence electrons. The van der Waals surface area contributed by atoms with Crippen LogP contribution in [-0.4, -0.2) is 47.7 Å². The maximum absolute atomic E-state index is 13.1. The van der Waals surface area contributed by atoms with Crippen LogP contribution in [0.25, 0.3) is 0 Å². The summed E-state index contributed by atoms with van der Waals surface area (Å²) in [4.78, 5) is 24.6. The van der Waals surface area contributed by atoms with E-state index >= 15 is 0 Å². The van der Waals surface area contributed by atoms with Crippen LogP contribution in [0.5, 0.6) is 0 Å². The van der Waals surface area contributed by atoms with Crippen molar-refractivity contribution in [3.63, 3.8) is 0 Å². The van der Waals surface area contributed by atoms with Gasteiger partial charge in [-0.2, -0.15) is 13.2 Å². The predicted molar refractivity (Wildman–Crippen MR) is 83.0 cm³/mol. The first kappa shape index (κ1) is 19.2. The van der Waals surface area contributed by atoms with E-state index in [4.69, 9.17) is 9.84 Å². The number of hydrogen-bond donors (Lipinski definition) is 1. The second-order valence-electron chi connectivity index (χ2n) is 6.12. The summed E-state index contributed by atoms with van der Waals surface area (Å²) < 4.78 is 44.6. The van der Waals surface area contributed by atoms with Gasteiger partial charge in [0.25, 0.3) is 0 Å². The fraction of sp³-hybridized carbons (Fsp3) is 0.529. The molecule has 1 aromatic carbocycles. The van der Waals surface area contributed by atoms with Gasteiger partial charge in [0.05, 0.1) is 24.7 Å². The zero-order chi connectivity index (χ0) is 18.6. The molecule has 1 heterocycles. The number of carbonyl (C=O) groups is 2. The lowest BCUT2D eigenvalue weighted by atomic mass is 9.92. The van der Waals surface area contributed by atoms with Gasteiger partial charge in [0.1, 0.15) is 0 Å². The molecule has 1 aliphatic heterocycles. The average Bonchev–Trinajstić information content (AvgIpc) is 2.53. The molecule has 1 saturated heterocycles. The highest BCUT2D eigenvalue weighted by Gasteiger charge is 2.35. The molecular weight excluding hydrogens is 339 g/mol. The minimum atomic E-state index is -4.47. The molecule has 0 saturated carbocycles. The summed E-state index contributed by atoms with van der Waals surface area (Å²) in [6.07, 6.45) is -5.35. The summed E-state index contributed by atoms with van der Waals surface area (Å²) in [6, 6.07) is 5.23. The lowest BCUT2D eigenvalue weighted by Gasteiger charge is -2.33. The van der Waals surface area contributed by atoms with Crippen LogP contribution in [0.2, 0.25) is 0 Å². The van der Waals surface area contributed by atoms with E-state index in [9.17, 15) is 22.8 Å². The van der Waals surface area contributed by atoms with Crippen LogP contribution < -0.4 is 0 Å². The Hall–Kier alpha value is -2.09. The second kappa shape index (κ2) is 7.86. The van der Waals surface area contributed by atoms with E-state index in [1.54, 1.807) is 6.92 Å². The summed E-state index contributed by atoms with van der Waals surface area (Å²) >= 11 is 0. The Morgan fingerprint density at radius 1 is 1.36 bits per heavy atom. The molecule has 2 unspecified atom stereocenters. The first-order valence-electron chi connectivity index (χ1n) is 7.95. The fourth-order valence-electron chi connectivity index (χ4n) is 2.95. The summed E-state index contributed by atoms with van der Waals surface area (Å²) in [5.74, 6) is -1.93. The third-order valence-electron chi connectivity index (χ3n) is 4.17. The molecule has 25 heavy (non-hydrogen) atoms. The van der Waals surface area contributed by atoms with E-state index in [0.717, 1.165) is 6.07 Å². The lowest BCUT2D eigenvalue weighted by Crippen LogP contribution is -2.46. The molecule has 2 rings (SSSR count). The number of ether oxygens (including phenoxy) is 1. The van der Waals surface area contributed by atoms with E-state index in [1.165, 1.54) is 23.1 Å². The quantitative estimate of drug-likeness (QED) is 0.878. The standard InChI is InChI=1S/C17H20F3NO4/c1-11(13-4-2-3-5-14(13)17(18,19)20)8-15(22)21-6-7-25-12(10-21)9-16(23)24/h2-5,11-12H,6-10H2,1H3,(H,23,24). The summed E-state index contributed by atoms with van der Waals surface area (Å²) in [5, 5.41) is 8.80. The van der Waals surface area contributed by atoms with Crippen molar-refractivity contribution < 1.29 is 32.6 Å². The number of aliphatic carboxylic acids is 1. The van der Waals surface area contributed by atoms with Gasteiger partial charge >= 0.3 is 12.1 Å². The maximum atomic E-state index is 13.1. The molecule has 1 fully saturated rings. The molecule has 1 aliphatic rings. The molecule has 0 bridgehead atoms. The molecule has 5 nitrogen and oxygen atoms in total. The van der Waals surface area contributed by atoms with E-state index < -0.39 is 29.7 Å². The number of morpholine rings is 1. The first-order chi connectivity index (χ1) is 11.7. The van der Waals surface area contributed by atoms with Crippen molar-refractivity contribution in [1.29, 1.82) is 0 Å². The van der Waals surface area contributed by atoms with Gasteiger partial charge in [-0.05, 0) is 17.5 Å². The highest BCUT2D eigenvalue weighted by atomic mass is 19.4. The van der Waals surface area contributed by atoms with Crippen molar-refractivity contribution >= 4 is 11.9 Å². The van der Waals surface area contributed by atoms with Crippen molar-refractivity contribution in [2.75, 3.05) is 19.7 Å². The van der Waals surface area contributed by atoms with Crippen LogP contribution in [0.1, 0.15) is 36.8 Å². The van der Waals surface area contributed by atoms with E-state index in [2.05, 4.69) is 0 Å². The van der Waals surface area contributed by atoms with Gasteiger partial charge in [0, 0.05) is 19.5 Å². The maximum Gasteiger partial charge on any atom is 0.416 e. The van der Waals surface area contributed by atoms with Gasteiger partial charge in [-0.1, -0.05) is 25.1 Å². The topological polar surface area (TPSA) is 66.8 Å². The van der Waals surface area contributed by atoms with Crippen LogP contribution in [0.4, 0.5) is 13.2 Å². The number of rotatable bonds is 5. The number of amides is 1. The number of carboxylic acids is 1. The van der Waals surface area contributed by atoms with E-state index in [0.29, 0.717) is 6.54 Å². The average molecular weight is 359 g/mol. The predicted octanol–water partition coefficient (Wildman–Crippen LogP) is 2.90. The fourth-order valence-corrected chi connectivity index (χ4v) is 2.95. The molecular formula is C17H20F3NO4. The Morgan fingerprint density at radius 3 is 2.68 bits per heavy atom. The SMILES string of the molecule is CC(CC(=O)N1CCOC(CC(=O)O)C1)c1ccccc1C(F)(F)F. The van der Waals surface area contributed by atoms with Crippen LogP contribution in [-0.2, 0) is 20.5 Å². The number of nitrogens with zero attached hydrogens (tertiary/aromatic N) is 1. The number of halogens is 3. The van der Waals surface area contributed by atoms with Crippen molar-refractivity contribution in [3.8, 4) is 0 Å². The smallest absolute Gasteiger partial charge is 0.416 e. The summed E-state index contributed by atoms with van der Waals surface area (Å²) in [6.45, 7) is 2.25. The Morgan fingerprint density at radius 2 is 2.04 bits per heavy atom.